The Morgan fingerprint density at radius 2 is 1.77 bits per heavy atom. The summed E-state index contributed by atoms with van der Waals surface area (Å²) < 4.78 is 38.9. The van der Waals surface area contributed by atoms with Crippen molar-refractivity contribution >= 4 is 67.1 Å². The zero-order chi connectivity index (χ0) is 27.6. The summed E-state index contributed by atoms with van der Waals surface area (Å²) in [4.78, 5) is 12.5. The molecule has 0 bridgehead atoms. The number of nitrogens with one attached hydrogen (secondary N) is 1. The van der Waals surface area contributed by atoms with E-state index < -0.39 is 26.7 Å². The van der Waals surface area contributed by atoms with Gasteiger partial charge in [-0.2, -0.15) is 13.5 Å². The number of hydrogen-bond acceptors (Lipinski definition) is 7. The molecule has 0 aromatic heterocycles. The van der Waals surface area contributed by atoms with Gasteiger partial charge in [0.2, 0.25) is 0 Å². The van der Waals surface area contributed by atoms with Gasteiger partial charge in [-0.1, -0.05) is 53.2 Å². The Morgan fingerprint density at radius 1 is 1.05 bits per heavy atom. The summed E-state index contributed by atoms with van der Waals surface area (Å²) in [7, 11) is -4.75. The standard InChI is InChI=1S/C26H21Cl2N3O6S.Na/c1-3-37-22-9-8-16(13-19(22)27)29-26(33)18-12-15-6-4-5-7-17(15)23(24(18)32)31-30-21-11-14(2)10-20(28)25(21)38(34,35)36;/h4-13,32H,3H2,1-2H3,(H,29,33)(H,34,35,36);/q;+1/p-1. The van der Waals surface area contributed by atoms with Crippen molar-refractivity contribution in [2.45, 2.75) is 18.7 Å². The van der Waals surface area contributed by atoms with Crippen LogP contribution in [0.2, 0.25) is 10.0 Å². The second-order valence-electron chi connectivity index (χ2n) is 8.13. The molecule has 9 nitrogen and oxygen atoms in total. The SMILES string of the molecule is CCOc1ccc(NC(=O)c2cc3ccccc3c(N=Nc3cc(C)cc(Cl)c3S(=O)(=O)O)c2[O-])cc1Cl.[Na+]. The summed E-state index contributed by atoms with van der Waals surface area (Å²) in [5.74, 6) is -1.01. The third kappa shape index (κ3) is 6.90. The van der Waals surface area contributed by atoms with E-state index in [1.807, 2.05) is 6.92 Å². The van der Waals surface area contributed by atoms with Crippen molar-refractivity contribution in [2.75, 3.05) is 11.9 Å². The molecule has 2 N–H and O–H groups in total. The van der Waals surface area contributed by atoms with Crippen LogP contribution in [0, 0.1) is 6.92 Å². The topological polar surface area (TPSA) is 140 Å². The summed E-state index contributed by atoms with van der Waals surface area (Å²) in [5, 5.41) is 24.9. The van der Waals surface area contributed by atoms with E-state index in [1.165, 1.54) is 24.3 Å². The molecule has 4 rings (SSSR count). The monoisotopic (exact) mass is 595 g/mol. The number of benzene rings is 4. The predicted octanol–water partition coefficient (Wildman–Crippen LogP) is 3.85. The van der Waals surface area contributed by atoms with Crippen molar-refractivity contribution in [3.63, 3.8) is 0 Å². The average molecular weight is 596 g/mol. The van der Waals surface area contributed by atoms with Crippen LogP contribution in [0.4, 0.5) is 17.1 Å². The molecule has 0 aliphatic heterocycles. The third-order valence-corrected chi connectivity index (χ3v) is 7.04. The van der Waals surface area contributed by atoms with Gasteiger partial charge in [-0.25, -0.2) is 0 Å². The number of aryl methyl sites for hydroxylation is 1. The zero-order valence-electron chi connectivity index (χ0n) is 21.0. The first-order valence-corrected chi connectivity index (χ1v) is 13.3. The van der Waals surface area contributed by atoms with Crippen molar-refractivity contribution in [3.05, 3.63) is 81.8 Å². The number of amides is 1. The molecule has 0 aliphatic carbocycles. The maximum atomic E-state index is 13.4. The fraction of sp³-hybridized carbons (Fsp3) is 0.115. The van der Waals surface area contributed by atoms with Crippen molar-refractivity contribution in [3.8, 4) is 11.5 Å². The van der Waals surface area contributed by atoms with Crippen LogP contribution in [0.1, 0.15) is 22.8 Å². The van der Waals surface area contributed by atoms with Crippen LogP contribution in [0.15, 0.2) is 75.8 Å². The number of hydrogen-bond donors (Lipinski definition) is 2. The molecule has 13 heteroatoms. The number of rotatable bonds is 7. The van der Waals surface area contributed by atoms with E-state index in [-0.39, 0.29) is 56.5 Å². The number of carbonyl (C=O) groups excluding carboxylic acids is 1. The van der Waals surface area contributed by atoms with E-state index in [0.717, 1.165) is 0 Å². The molecule has 4 aromatic carbocycles. The molecular weight excluding hydrogens is 576 g/mol. The summed E-state index contributed by atoms with van der Waals surface area (Å²) in [6, 6.07) is 15.5. The molecule has 0 unspecified atom stereocenters. The number of nitrogens with zero attached hydrogens (tertiary/aromatic N) is 2. The molecule has 4 aromatic rings. The molecule has 39 heavy (non-hydrogen) atoms. The van der Waals surface area contributed by atoms with Crippen LogP contribution in [0.3, 0.4) is 0 Å². The number of anilines is 1. The average Bonchev–Trinajstić information content (AvgIpc) is 2.83. The van der Waals surface area contributed by atoms with Gasteiger partial charge >= 0.3 is 29.6 Å². The van der Waals surface area contributed by atoms with Gasteiger partial charge in [0.15, 0.2) is 0 Å². The summed E-state index contributed by atoms with van der Waals surface area (Å²) in [6.45, 7) is 3.87. The maximum absolute atomic E-state index is 13.4. The molecule has 0 fully saturated rings. The van der Waals surface area contributed by atoms with Gasteiger partial charge in [0, 0.05) is 16.6 Å². The van der Waals surface area contributed by atoms with Crippen LogP contribution < -0.4 is 44.7 Å². The molecule has 196 valence electrons. The van der Waals surface area contributed by atoms with Gasteiger partial charge < -0.3 is 15.2 Å². The minimum absolute atomic E-state index is 0. The second-order valence-corrected chi connectivity index (χ2v) is 10.3. The van der Waals surface area contributed by atoms with Crippen LogP contribution in [0.5, 0.6) is 11.5 Å². The fourth-order valence-corrected chi connectivity index (χ4v) is 5.24. The third-order valence-electron chi connectivity index (χ3n) is 5.39. The van der Waals surface area contributed by atoms with Gasteiger partial charge in [0.05, 0.1) is 22.3 Å². The fourth-order valence-electron chi connectivity index (χ4n) is 3.77. The maximum Gasteiger partial charge on any atom is 1.00 e. The van der Waals surface area contributed by atoms with Crippen LogP contribution >= 0.6 is 23.2 Å². The van der Waals surface area contributed by atoms with Crippen LogP contribution in [0.25, 0.3) is 10.8 Å². The molecule has 0 aliphatic rings. The largest absolute Gasteiger partial charge is 1.00 e. The Labute approximate surface area is 256 Å². The second kappa shape index (κ2) is 12.6. The Morgan fingerprint density at radius 3 is 2.44 bits per heavy atom. The number of ether oxygens (including phenoxy) is 1. The van der Waals surface area contributed by atoms with E-state index in [2.05, 4.69) is 15.5 Å². The minimum Gasteiger partial charge on any atom is -0.870 e. The van der Waals surface area contributed by atoms with E-state index in [9.17, 15) is 22.9 Å². The number of halogens is 2. The molecule has 0 saturated heterocycles. The molecule has 0 radical (unpaired) electrons. The molecule has 0 atom stereocenters. The number of carbonyl (C=O) groups is 1. The first kappa shape index (κ1) is 30.8. The molecular formula is C26H20Cl2N3NaO6S. The first-order valence-electron chi connectivity index (χ1n) is 11.2. The van der Waals surface area contributed by atoms with Gasteiger partial charge in [0.1, 0.15) is 16.3 Å². The summed E-state index contributed by atoms with van der Waals surface area (Å²) in [6.07, 6.45) is 0. The Bertz CT molecular complexity index is 1710. The Kier molecular flexibility index (Phi) is 10.0. The first-order chi connectivity index (χ1) is 18.0. The minimum atomic E-state index is -4.75. The van der Waals surface area contributed by atoms with Gasteiger partial charge in [-0.3, -0.25) is 9.35 Å². The quantitative estimate of drug-likeness (QED) is 0.189. The zero-order valence-corrected chi connectivity index (χ0v) is 25.4. The van der Waals surface area contributed by atoms with Crippen molar-refractivity contribution in [1.29, 1.82) is 0 Å². The number of fused-ring (bicyclic) bond motifs is 1. The van der Waals surface area contributed by atoms with Crippen molar-refractivity contribution < 1.29 is 57.2 Å². The molecule has 0 spiro atoms. The predicted molar refractivity (Wildman–Crippen MR) is 144 cm³/mol. The molecule has 1 amide bonds. The summed E-state index contributed by atoms with van der Waals surface area (Å²) in [5.41, 5.74) is 0.203. The van der Waals surface area contributed by atoms with Crippen molar-refractivity contribution in [2.24, 2.45) is 10.2 Å². The van der Waals surface area contributed by atoms with E-state index in [1.54, 1.807) is 43.3 Å². The van der Waals surface area contributed by atoms with Crippen molar-refractivity contribution in [1.82, 2.24) is 0 Å². The molecule has 0 saturated carbocycles. The Hall–Kier alpha value is -2.70. The Balaban J connectivity index is 0.00000420. The van der Waals surface area contributed by atoms with Gasteiger partial charge in [-0.15, -0.1) is 5.11 Å². The van der Waals surface area contributed by atoms with Crippen LogP contribution in [-0.2, 0) is 10.1 Å². The van der Waals surface area contributed by atoms with Gasteiger partial charge in [-0.05, 0) is 61.2 Å². The number of azo groups is 1. The van der Waals surface area contributed by atoms with Crippen LogP contribution in [-0.4, -0.2) is 25.5 Å². The van der Waals surface area contributed by atoms with E-state index >= 15 is 0 Å². The van der Waals surface area contributed by atoms with E-state index in [0.29, 0.717) is 34.4 Å². The van der Waals surface area contributed by atoms with Gasteiger partial charge in [0.25, 0.3) is 16.0 Å². The normalized spacial score (nSPS) is 11.4. The summed E-state index contributed by atoms with van der Waals surface area (Å²) >= 11 is 12.2. The molecule has 0 heterocycles. The van der Waals surface area contributed by atoms with E-state index in [4.69, 9.17) is 27.9 Å². The smallest absolute Gasteiger partial charge is 0.870 e.